The van der Waals surface area contributed by atoms with Gasteiger partial charge in [0.2, 0.25) is 0 Å². The molecule has 1 aromatic rings. The molecule has 1 aromatic carbocycles. The number of phenolic OH excluding ortho intramolecular Hbond substituents is 1. The Bertz CT molecular complexity index is 291. The molecule has 0 aliphatic carbocycles. The molecular formula is C9H13ClOSi. The maximum atomic E-state index is 9.26. The molecule has 0 atom stereocenters. The number of hydrogen-bond donors (Lipinski definition) is 1. The van der Waals surface area contributed by atoms with Crippen LogP contribution in [0.15, 0.2) is 18.2 Å². The van der Waals surface area contributed by atoms with Crippen LogP contribution < -0.4 is 5.19 Å². The molecule has 0 spiro atoms. The van der Waals surface area contributed by atoms with Crippen molar-refractivity contribution in [2.75, 3.05) is 0 Å². The Morgan fingerprint density at radius 3 is 2.25 bits per heavy atom. The van der Waals surface area contributed by atoms with E-state index in [4.69, 9.17) is 11.6 Å². The first-order valence-electron chi connectivity index (χ1n) is 3.90. The molecule has 0 radical (unpaired) electrons. The lowest BCUT2D eigenvalue weighted by molar-refractivity contribution is 0.476. The summed E-state index contributed by atoms with van der Waals surface area (Å²) in [5.41, 5.74) is 0. The van der Waals surface area contributed by atoms with Crippen LogP contribution in [0, 0.1) is 0 Å². The molecule has 0 amide bonds. The number of hydrogen-bond acceptors (Lipinski definition) is 1. The van der Waals surface area contributed by atoms with E-state index >= 15 is 0 Å². The van der Waals surface area contributed by atoms with Crippen LogP contribution in [-0.4, -0.2) is 13.2 Å². The Hall–Kier alpha value is -0.473. The Labute approximate surface area is 79.0 Å². The summed E-state index contributed by atoms with van der Waals surface area (Å²) >= 11 is 6.00. The van der Waals surface area contributed by atoms with Gasteiger partial charge < -0.3 is 5.11 Å². The molecule has 1 N–H and O–H groups in total. The van der Waals surface area contributed by atoms with Crippen molar-refractivity contribution in [3.05, 3.63) is 23.2 Å². The van der Waals surface area contributed by atoms with Crippen molar-refractivity contribution < 1.29 is 5.11 Å². The summed E-state index contributed by atoms with van der Waals surface area (Å²) in [6.45, 7) is 6.61. The molecule has 0 saturated heterocycles. The lowest BCUT2D eigenvalue weighted by Gasteiger charge is -2.18. The Morgan fingerprint density at radius 2 is 1.83 bits per heavy atom. The van der Waals surface area contributed by atoms with E-state index in [1.807, 2.05) is 0 Å². The lowest BCUT2D eigenvalue weighted by Crippen LogP contribution is -2.38. The van der Waals surface area contributed by atoms with Crippen LogP contribution in [0.4, 0.5) is 0 Å². The van der Waals surface area contributed by atoms with Gasteiger partial charge in [-0.3, -0.25) is 0 Å². The highest BCUT2D eigenvalue weighted by molar-refractivity contribution is 6.90. The number of halogens is 1. The maximum absolute atomic E-state index is 9.26. The normalized spacial score (nSPS) is 11.7. The van der Waals surface area contributed by atoms with E-state index in [0.717, 1.165) is 10.2 Å². The third kappa shape index (κ3) is 2.02. The van der Waals surface area contributed by atoms with Gasteiger partial charge in [0.1, 0.15) is 5.75 Å². The molecule has 0 fully saturated rings. The average molecular weight is 201 g/mol. The summed E-state index contributed by atoms with van der Waals surface area (Å²) < 4.78 is 0. The highest BCUT2D eigenvalue weighted by Crippen LogP contribution is 2.16. The summed E-state index contributed by atoms with van der Waals surface area (Å²) in [6, 6.07) is 5.14. The van der Waals surface area contributed by atoms with Gasteiger partial charge in [-0.05, 0) is 23.4 Å². The summed E-state index contributed by atoms with van der Waals surface area (Å²) in [5, 5.41) is 11.1. The third-order valence-corrected chi connectivity index (χ3v) is 4.28. The predicted molar refractivity (Wildman–Crippen MR) is 56.1 cm³/mol. The highest BCUT2D eigenvalue weighted by atomic mass is 35.5. The molecule has 0 aliphatic heterocycles. The second-order valence-electron chi connectivity index (χ2n) is 3.91. The van der Waals surface area contributed by atoms with Crippen LogP contribution >= 0.6 is 11.6 Å². The van der Waals surface area contributed by atoms with Crippen LogP contribution in [0.5, 0.6) is 5.75 Å². The van der Waals surface area contributed by atoms with Crippen molar-refractivity contribution in [1.82, 2.24) is 0 Å². The number of benzene rings is 1. The van der Waals surface area contributed by atoms with Gasteiger partial charge >= 0.3 is 0 Å². The first kappa shape index (κ1) is 9.61. The summed E-state index contributed by atoms with van der Waals surface area (Å²) in [4.78, 5) is 0. The van der Waals surface area contributed by atoms with Crippen LogP contribution in [0.3, 0.4) is 0 Å². The highest BCUT2D eigenvalue weighted by Gasteiger charge is 2.19. The van der Waals surface area contributed by atoms with E-state index in [-0.39, 0.29) is 0 Å². The minimum atomic E-state index is -1.40. The average Bonchev–Trinajstić information content (AvgIpc) is 1.92. The van der Waals surface area contributed by atoms with Crippen molar-refractivity contribution in [3.8, 4) is 5.75 Å². The number of rotatable bonds is 1. The van der Waals surface area contributed by atoms with Gasteiger partial charge in [-0.2, -0.15) is 0 Å². The Morgan fingerprint density at radius 1 is 1.25 bits per heavy atom. The van der Waals surface area contributed by atoms with E-state index in [1.54, 1.807) is 18.2 Å². The molecule has 12 heavy (non-hydrogen) atoms. The zero-order chi connectivity index (χ0) is 9.35. The van der Waals surface area contributed by atoms with Crippen molar-refractivity contribution in [2.24, 2.45) is 0 Å². The fourth-order valence-electron chi connectivity index (χ4n) is 1.09. The molecule has 0 heterocycles. The molecule has 0 bridgehead atoms. The molecule has 0 saturated carbocycles. The zero-order valence-corrected chi connectivity index (χ0v) is 9.31. The fourth-order valence-corrected chi connectivity index (χ4v) is 3.44. The Kier molecular flexibility index (Phi) is 2.49. The van der Waals surface area contributed by atoms with Gasteiger partial charge in [0, 0.05) is 5.02 Å². The van der Waals surface area contributed by atoms with Crippen LogP contribution in [0.2, 0.25) is 24.7 Å². The van der Waals surface area contributed by atoms with Crippen molar-refractivity contribution in [3.63, 3.8) is 0 Å². The molecule has 1 rings (SSSR count). The lowest BCUT2D eigenvalue weighted by atomic mass is 10.3. The first-order chi connectivity index (χ1) is 5.41. The van der Waals surface area contributed by atoms with E-state index in [9.17, 15) is 5.11 Å². The van der Waals surface area contributed by atoms with Crippen LogP contribution in [0.1, 0.15) is 0 Å². The zero-order valence-electron chi connectivity index (χ0n) is 7.56. The second-order valence-corrected chi connectivity index (χ2v) is 9.36. The van der Waals surface area contributed by atoms with Crippen LogP contribution in [0.25, 0.3) is 0 Å². The first-order valence-corrected chi connectivity index (χ1v) is 7.78. The topological polar surface area (TPSA) is 20.2 Å². The summed E-state index contributed by atoms with van der Waals surface area (Å²) in [6.07, 6.45) is 0. The van der Waals surface area contributed by atoms with Gasteiger partial charge in [-0.25, -0.2) is 0 Å². The molecular weight excluding hydrogens is 188 g/mol. The SMILES string of the molecule is C[Si](C)(C)c1cc(O)ccc1Cl. The summed E-state index contributed by atoms with van der Waals surface area (Å²) in [7, 11) is -1.40. The number of phenols is 1. The molecule has 1 nitrogen and oxygen atoms in total. The molecule has 66 valence electrons. The van der Waals surface area contributed by atoms with Gasteiger partial charge in [0.25, 0.3) is 0 Å². The third-order valence-electron chi connectivity index (χ3n) is 1.76. The minimum absolute atomic E-state index is 0.303. The van der Waals surface area contributed by atoms with Gasteiger partial charge in [0.05, 0.1) is 8.07 Å². The fraction of sp³-hybridized carbons (Fsp3) is 0.333. The molecule has 0 unspecified atom stereocenters. The predicted octanol–water partition coefficient (Wildman–Crippen LogP) is 2.59. The number of aromatic hydroxyl groups is 1. The molecule has 0 aliphatic rings. The molecule has 0 aromatic heterocycles. The standard InChI is InChI=1S/C9H13ClOSi/c1-12(2,3)9-6-7(11)4-5-8(9)10/h4-6,11H,1-3H3. The van der Waals surface area contributed by atoms with Gasteiger partial charge in [-0.1, -0.05) is 31.2 Å². The Balaban J connectivity index is 3.23. The van der Waals surface area contributed by atoms with Gasteiger partial charge in [0.15, 0.2) is 0 Å². The maximum Gasteiger partial charge on any atom is 0.115 e. The van der Waals surface area contributed by atoms with Crippen LogP contribution in [-0.2, 0) is 0 Å². The quantitative estimate of drug-likeness (QED) is 0.692. The van der Waals surface area contributed by atoms with Crippen molar-refractivity contribution in [2.45, 2.75) is 19.6 Å². The van der Waals surface area contributed by atoms with E-state index < -0.39 is 8.07 Å². The van der Waals surface area contributed by atoms with Crippen molar-refractivity contribution >= 4 is 24.9 Å². The van der Waals surface area contributed by atoms with E-state index in [2.05, 4.69) is 19.6 Å². The largest absolute Gasteiger partial charge is 0.508 e. The van der Waals surface area contributed by atoms with E-state index in [1.165, 1.54) is 0 Å². The van der Waals surface area contributed by atoms with E-state index in [0.29, 0.717) is 5.75 Å². The second kappa shape index (κ2) is 3.11. The van der Waals surface area contributed by atoms with Gasteiger partial charge in [-0.15, -0.1) is 0 Å². The summed E-state index contributed by atoms with van der Waals surface area (Å²) in [5.74, 6) is 0.303. The smallest absolute Gasteiger partial charge is 0.115 e. The minimum Gasteiger partial charge on any atom is -0.508 e. The van der Waals surface area contributed by atoms with Crippen molar-refractivity contribution in [1.29, 1.82) is 0 Å². The molecule has 3 heteroatoms. The monoisotopic (exact) mass is 200 g/mol.